The first-order valence-corrected chi connectivity index (χ1v) is 16.4. The minimum absolute atomic E-state index is 0.0910. The van der Waals surface area contributed by atoms with Crippen molar-refractivity contribution in [3.05, 3.63) is 129 Å². The van der Waals surface area contributed by atoms with Crippen LogP contribution in [0.2, 0.25) is 10.0 Å². The van der Waals surface area contributed by atoms with E-state index in [4.69, 9.17) is 28.3 Å². The summed E-state index contributed by atoms with van der Waals surface area (Å²) in [6.07, 6.45) is -0.285. The van der Waals surface area contributed by atoms with Gasteiger partial charge in [0.2, 0.25) is 0 Å². The lowest BCUT2D eigenvalue weighted by atomic mass is 9.77. The second-order valence-corrected chi connectivity index (χ2v) is 13.3. The highest BCUT2D eigenvalue weighted by molar-refractivity contribution is 6.30. The Morgan fingerprint density at radius 3 is 2.25 bits per heavy atom. The maximum atomic E-state index is 14.4. The van der Waals surface area contributed by atoms with Gasteiger partial charge in [-0.05, 0) is 83.9 Å². The Morgan fingerprint density at radius 2 is 1.60 bits per heavy atom. The summed E-state index contributed by atoms with van der Waals surface area (Å²) in [4.78, 5) is 18.8. The lowest BCUT2D eigenvalue weighted by molar-refractivity contribution is -0.142. The number of benzene rings is 3. The van der Waals surface area contributed by atoms with Crippen LogP contribution in [0.4, 0.5) is 13.2 Å². The molecule has 11 heteroatoms. The summed E-state index contributed by atoms with van der Waals surface area (Å²) in [5.74, 6) is -0.491. The Labute approximate surface area is 285 Å². The molecule has 1 aliphatic heterocycles. The Kier molecular flexibility index (Phi) is 8.37. The fourth-order valence-corrected chi connectivity index (χ4v) is 6.76. The van der Waals surface area contributed by atoms with Gasteiger partial charge < -0.3 is 0 Å². The molecular weight excluding hydrogens is 658 g/mol. The molecular formula is C37H30Cl2F3N5O. The number of hydrogen-bond donors (Lipinski definition) is 0. The summed E-state index contributed by atoms with van der Waals surface area (Å²) in [7, 11) is 0. The van der Waals surface area contributed by atoms with E-state index in [9.17, 15) is 18.0 Å². The number of allylic oxidation sites excluding steroid dienone is 1. The second kappa shape index (κ2) is 12.5. The van der Waals surface area contributed by atoms with Crippen LogP contribution >= 0.6 is 23.2 Å². The zero-order valence-corrected chi connectivity index (χ0v) is 27.6. The van der Waals surface area contributed by atoms with E-state index in [0.717, 1.165) is 53.3 Å². The third-order valence-corrected chi connectivity index (χ3v) is 9.45. The molecule has 0 N–H and O–H groups in total. The van der Waals surface area contributed by atoms with Crippen molar-refractivity contribution in [3.8, 4) is 11.3 Å². The summed E-state index contributed by atoms with van der Waals surface area (Å²) in [6, 6.07) is 23.7. The minimum Gasteiger partial charge on any atom is -0.265 e. The highest BCUT2D eigenvalue weighted by Gasteiger charge is 2.45. The van der Waals surface area contributed by atoms with Gasteiger partial charge in [0.05, 0.1) is 17.4 Å². The van der Waals surface area contributed by atoms with E-state index in [1.165, 1.54) is 11.1 Å². The Hall–Kier alpha value is -4.47. The molecule has 6 nitrogen and oxygen atoms in total. The van der Waals surface area contributed by atoms with Gasteiger partial charge in [-0.15, -0.1) is 0 Å². The van der Waals surface area contributed by atoms with Gasteiger partial charge in [-0.2, -0.15) is 23.4 Å². The zero-order chi connectivity index (χ0) is 33.7. The molecule has 7 rings (SSSR count). The standard InChI is InChI=1S/C37H30Cl2F3N5O/c1-21(2)23-8-10-24(11-9-23)30-19-32(37(40,41)42)46-33(43-30)20-31(44-46)36(48)47-35(25-12-16-28(39)17-13-25)29-5-3-4-26(34(29)45-47)18-22-6-14-27(38)15-7-22/h6-21,29,35H,3-5H2,1-2H3/b26-18-/t29-,35+/m1/s1. The number of carbonyl (C=O) groups is 1. The van der Waals surface area contributed by atoms with Crippen LogP contribution in [0.1, 0.15) is 77.9 Å². The molecule has 244 valence electrons. The van der Waals surface area contributed by atoms with Gasteiger partial charge in [0.1, 0.15) is 0 Å². The molecule has 3 heterocycles. The smallest absolute Gasteiger partial charge is 0.265 e. The van der Waals surface area contributed by atoms with Gasteiger partial charge in [0, 0.05) is 27.6 Å². The van der Waals surface area contributed by atoms with Gasteiger partial charge in [-0.1, -0.05) is 85.6 Å². The predicted octanol–water partition coefficient (Wildman–Crippen LogP) is 10.3. The number of fused-ring (bicyclic) bond motifs is 2. The third-order valence-electron chi connectivity index (χ3n) is 8.94. The maximum absolute atomic E-state index is 14.4. The van der Waals surface area contributed by atoms with Crippen LogP contribution in [-0.4, -0.2) is 31.2 Å². The number of amides is 1. The highest BCUT2D eigenvalue weighted by Crippen LogP contribution is 2.45. The molecule has 0 unspecified atom stereocenters. The fraction of sp³-hybridized carbons (Fsp3) is 0.243. The average Bonchev–Trinajstić information content (AvgIpc) is 3.68. The number of hydrogen-bond acceptors (Lipinski definition) is 4. The minimum atomic E-state index is -4.75. The number of nitrogens with zero attached hydrogens (tertiary/aromatic N) is 5. The lowest BCUT2D eigenvalue weighted by Crippen LogP contribution is -2.32. The maximum Gasteiger partial charge on any atom is 0.433 e. The quantitative estimate of drug-likeness (QED) is 0.185. The number of aromatic nitrogens is 3. The molecule has 2 aromatic heterocycles. The Bertz CT molecular complexity index is 2070. The van der Waals surface area contributed by atoms with Crippen LogP contribution in [0, 0.1) is 5.92 Å². The molecule has 0 radical (unpaired) electrons. The molecule has 2 atom stereocenters. The summed E-state index contributed by atoms with van der Waals surface area (Å²) in [5, 5.41) is 11.6. The highest BCUT2D eigenvalue weighted by atomic mass is 35.5. The van der Waals surface area contributed by atoms with E-state index in [0.29, 0.717) is 20.1 Å². The number of carbonyl (C=O) groups excluding carboxylic acids is 1. The third kappa shape index (κ3) is 6.13. The SMILES string of the molecule is CC(C)c1ccc(-c2cc(C(F)(F)F)n3nc(C(=O)N4N=C5/C(=C\c6ccc(Cl)cc6)CCC[C@H]5[C@@H]4c4ccc(Cl)cc4)cc3n2)cc1. The van der Waals surface area contributed by atoms with Crippen molar-refractivity contribution in [1.82, 2.24) is 19.6 Å². The van der Waals surface area contributed by atoms with E-state index in [-0.39, 0.29) is 28.9 Å². The van der Waals surface area contributed by atoms with Crippen LogP contribution in [0.25, 0.3) is 23.0 Å². The normalized spacial score (nSPS) is 18.9. The lowest BCUT2D eigenvalue weighted by Gasteiger charge is -2.29. The van der Waals surface area contributed by atoms with Crippen LogP contribution in [0.5, 0.6) is 0 Å². The first-order valence-electron chi connectivity index (χ1n) is 15.7. The largest absolute Gasteiger partial charge is 0.433 e. The van der Waals surface area contributed by atoms with Crippen molar-refractivity contribution in [1.29, 1.82) is 0 Å². The molecule has 1 aliphatic carbocycles. The molecule has 2 aliphatic rings. The number of alkyl halides is 3. The molecule has 0 saturated heterocycles. The van der Waals surface area contributed by atoms with Crippen molar-refractivity contribution in [3.63, 3.8) is 0 Å². The molecule has 0 spiro atoms. The average molecular weight is 689 g/mol. The summed E-state index contributed by atoms with van der Waals surface area (Å²) >= 11 is 12.3. The van der Waals surface area contributed by atoms with Gasteiger partial charge in [-0.3, -0.25) is 4.79 Å². The van der Waals surface area contributed by atoms with Crippen LogP contribution in [0.3, 0.4) is 0 Å². The van der Waals surface area contributed by atoms with Crippen molar-refractivity contribution >= 4 is 46.5 Å². The van der Waals surface area contributed by atoms with Gasteiger partial charge >= 0.3 is 6.18 Å². The fourth-order valence-electron chi connectivity index (χ4n) is 6.51. The zero-order valence-electron chi connectivity index (χ0n) is 26.0. The van der Waals surface area contributed by atoms with Crippen molar-refractivity contribution in [2.24, 2.45) is 11.0 Å². The molecule has 3 aromatic carbocycles. The topological polar surface area (TPSA) is 62.9 Å². The van der Waals surface area contributed by atoms with Gasteiger partial charge in [0.15, 0.2) is 17.0 Å². The number of rotatable bonds is 5. The van der Waals surface area contributed by atoms with Crippen LogP contribution in [0.15, 0.2) is 95.6 Å². The van der Waals surface area contributed by atoms with Gasteiger partial charge in [-0.25, -0.2) is 14.5 Å². The summed E-state index contributed by atoms with van der Waals surface area (Å²) in [6.45, 7) is 4.08. The first-order chi connectivity index (χ1) is 23.0. The van der Waals surface area contributed by atoms with E-state index >= 15 is 0 Å². The first kappa shape index (κ1) is 32.1. The van der Waals surface area contributed by atoms with Crippen molar-refractivity contribution < 1.29 is 18.0 Å². The molecule has 1 fully saturated rings. The molecule has 48 heavy (non-hydrogen) atoms. The van der Waals surface area contributed by atoms with Crippen LogP contribution in [-0.2, 0) is 6.18 Å². The van der Waals surface area contributed by atoms with Crippen molar-refractivity contribution in [2.45, 2.75) is 51.2 Å². The van der Waals surface area contributed by atoms with E-state index in [1.54, 1.807) is 24.3 Å². The van der Waals surface area contributed by atoms with E-state index < -0.39 is 23.8 Å². The number of halogens is 5. The predicted molar refractivity (Wildman–Crippen MR) is 182 cm³/mol. The van der Waals surface area contributed by atoms with E-state index in [1.807, 2.05) is 68.5 Å². The Morgan fingerprint density at radius 1 is 0.938 bits per heavy atom. The second-order valence-electron chi connectivity index (χ2n) is 12.5. The molecule has 5 aromatic rings. The molecule has 0 bridgehead atoms. The van der Waals surface area contributed by atoms with Crippen molar-refractivity contribution in [2.75, 3.05) is 0 Å². The molecule has 1 saturated carbocycles. The summed E-state index contributed by atoms with van der Waals surface area (Å²) < 4.78 is 44.0. The number of hydrazone groups is 1. The monoisotopic (exact) mass is 687 g/mol. The van der Waals surface area contributed by atoms with E-state index in [2.05, 4.69) is 10.1 Å². The van der Waals surface area contributed by atoms with Crippen LogP contribution < -0.4 is 0 Å². The summed E-state index contributed by atoms with van der Waals surface area (Å²) in [5.41, 5.74) is 3.94. The Balaban J connectivity index is 1.32. The molecule has 1 amide bonds. The van der Waals surface area contributed by atoms with Gasteiger partial charge in [0.25, 0.3) is 5.91 Å².